The van der Waals surface area contributed by atoms with Crippen LogP contribution in [0.25, 0.3) is 6.08 Å². The van der Waals surface area contributed by atoms with Crippen LogP contribution in [0, 0.1) is 5.82 Å². The van der Waals surface area contributed by atoms with E-state index in [1.165, 1.54) is 23.9 Å². The molecule has 7 heteroatoms. The molecule has 0 unspecified atom stereocenters. The molecule has 0 N–H and O–H groups in total. The van der Waals surface area contributed by atoms with Crippen LogP contribution in [0.3, 0.4) is 0 Å². The van der Waals surface area contributed by atoms with Gasteiger partial charge in [0, 0.05) is 12.1 Å². The van der Waals surface area contributed by atoms with Crippen molar-refractivity contribution in [3.8, 4) is 11.5 Å². The van der Waals surface area contributed by atoms with E-state index >= 15 is 0 Å². The third-order valence-corrected chi connectivity index (χ3v) is 4.99. The van der Waals surface area contributed by atoms with E-state index in [0.29, 0.717) is 33.8 Å². The van der Waals surface area contributed by atoms with E-state index in [4.69, 9.17) is 9.47 Å². The molecule has 3 rings (SSSR count). The number of carbonyl (C=O) groups excluding carboxylic acids is 1. The monoisotopic (exact) mass is 386 g/mol. The maximum Gasteiger partial charge on any atom is 0.266 e. The van der Waals surface area contributed by atoms with E-state index < -0.39 is 0 Å². The molecule has 1 aliphatic rings. The first-order chi connectivity index (χ1) is 13.0. The lowest BCUT2D eigenvalue weighted by molar-refractivity contribution is -0.122. The smallest absolute Gasteiger partial charge is 0.266 e. The summed E-state index contributed by atoms with van der Waals surface area (Å²) in [6.45, 7) is 2.37. The molecule has 1 aliphatic heterocycles. The van der Waals surface area contributed by atoms with Crippen molar-refractivity contribution in [2.75, 3.05) is 20.8 Å². The number of amides is 1. The van der Waals surface area contributed by atoms with E-state index in [-0.39, 0.29) is 11.7 Å². The van der Waals surface area contributed by atoms with Gasteiger partial charge in [-0.2, -0.15) is 0 Å². The molecule has 0 bridgehead atoms. The van der Waals surface area contributed by atoms with Crippen molar-refractivity contribution < 1.29 is 18.7 Å². The van der Waals surface area contributed by atoms with Crippen molar-refractivity contribution in [3.05, 3.63) is 58.8 Å². The number of nitrogens with zero attached hydrogens (tertiary/aromatic N) is 2. The van der Waals surface area contributed by atoms with Gasteiger partial charge in [0.1, 0.15) is 17.3 Å². The average Bonchev–Trinajstić information content (AvgIpc) is 2.97. The van der Waals surface area contributed by atoms with Crippen molar-refractivity contribution in [1.29, 1.82) is 0 Å². The van der Waals surface area contributed by atoms with Crippen molar-refractivity contribution in [1.82, 2.24) is 4.90 Å². The number of hydrogen-bond acceptors (Lipinski definition) is 5. The van der Waals surface area contributed by atoms with Crippen molar-refractivity contribution in [2.45, 2.75) is 6.92 Å². The van der Waals surface area contributed by atoms with Crippen molar-refractivity contribution in [2.24, 2.45) is 4.99 Å². The van der Waals surface area contributed by atoms with Gasteiger partial charge in [0.05, 0.1) is 24.8 Å². The highest BCUT2D eigenvalue weighted by molar-refractivity contribution is 8.18. The predicted molar refractivity (Wildman–Crippen MR) is 106 cm³/mol. The molecule has 1 saturated heterocycles. The minimum absolute atomic E-state index is 0.131. The van der Waals surface area contributed by atoms with Gasteiger partial charge in [0.2, 0.25) is 0 Å². The van der Waals surface area contributed by atoms with Crippen LogP contribution in [0.5, 0.6) is 11.5 Å². The van der Waals surface area contributed by atoms with Gasteiger partial charge in [0.25, 0.3) is 5.91 Å². The Kier molecular flexibility index (Phi) is 5.81. The number of amidine groups is 1. The van der Waals surface area contributed by atoms with Gasteiger partial charge >= 0.3 is 0 Å². The molecule has 2 aromatic rings. The van der Waals surface area contributed by atoms with Gasteiger partial charge in [-0.25, -0.2) is 9.38 Å². The number of benzene rings is 2. The number of halogens is 1. The standard InChI is InChI=1S/C20H19FN2O3S/c1-4-23-19(24)18(12-13-11-16(25-2)9-10-17(13)26-3)27-20(23)22-15-7-5-14(21)6-8-15/h5-12H,4H2,1-3H3/b18-12+,22-20?. The quantitative estimate of drug-likeness (QED) is 0.712. The molecule has 0 saturated carbocycles. The number of methoxy groups -OCH3 is 2. The number of hydrogen-bond donors (Lipinski definition) is 0. The van der Waals surface area contributed by atoms with Crippen LogP contribution in [0.2, 0.25) is 0 Å². The summed E-state index contributed by atoms with van der Waals surface area (Å²) >= 11 is 1.28. The summed E-state index contributed by atoms with van der Waals surface area (Å²) < 4.78 is 23.7. The Bertz CT molecular complexity index is 910. The zero-order valence-corrected chi connectivity index (χ0v) is 16.0. The highest BCUT2D eigenvalue weighted by atomic mass is 32.2. The van der Waals surface area contributed by atoms with Crippen molar-refractivity contribution in [3.63, 3.8) is 0 Å². The Labute approximate surface area is 161 Å². The van der Waals surface area contributed by atoms with Crippen LogP contribution in [-0.2, 0) is 4.79 Å². The summed E-state index contributed by atoms with van der Waals surface area (Å²) in [7, 11) is 3.16. The summed E-state index contributed by atoms with van der Waals surface area (Å²) in [5, 5.41) is 0.558. The molecule has 1 fully saturated rings. The molecular weight excluding hydrogens is 367 g/mol. The van der Waals surface area contributed by atoms with Crippen LogP contribution in [0.4, 0.5) is 10.1 Å². The summed E-state index contributed by atoms with van der Waals surface area (Å²) in [5.74, 6) is 0.856. The Hall–Kier alpha value is -2.80. The second-order valence-electron chi connectivity index (χ2n) is 5.64. The molecule has 0 aromatic heterocycles. The summed E-state index contributed by atoms with van der Waals surface area (Å²) in [6, 6.07) is 11.2. The van der Waals surface area contributed by atoms with E-state index in [1.807, 2.05) is 13.0 Å². The third kappa shape index (κ3) is 4.14. The van der Waals surface area contributed by atoms with Gasteiger partial charge in [0.15, 0.2) is 5.17 Å². The number of rotatable bonds is 5. The molecule has 0 atom stereocenters. The number of likely N-dealkylation sites (N-methyl/N-ethyl adjacent to an activating group) is 1. The van der Waals surface area contributed by atoms with Gasteiger partial charge in [-0.05, 0) is 67.2 Å². The molecule has 1 amide bonds. The van der Waals surface area contributed by atoms with Gasteiger partial charge in [-0.3, -0.25) is 9.69 Å². The zero-order valence-electron chi connectivity index (χ0n) is 15.2. The Balaban J connectivity index is 1.97. The lowest BCUT2D eigenvalue weighted by Gasteiger charge is -2.12. The molecule has 2 aromatic carbocycles. The summed E-state index contributed by atoms with van der Waals surface area (Å²) in [6.07, 6.45) is 1.77. The molecule has 27 heavy (non-hydrogen) atoms. The fraction of sp³-hybridized carbons (Fsp3) is 0.200. The highest BCUT2D eigenvalue weighted by Gasteiger charge is 2.32. The predicted octanol–water partition coefficient (Wildman–Crippen LogP) is 4.47. The van der Waals surface area contributed by atoms with Crippen LogP contribution in [-0.4, -0.2) is 36.7 Å². The molecule has 5 nitrogen and oxygen atoms in total. The molecule has 1 heterocycles. The van der Waals surface area contributed by atoms with Crippen LogP contribution < -0.4 is 9.47 Å². The van der Waals surface area contributed by atoms with E-state index in [2.05, 4.69) is 4.99 Å². The maximum atomic E-state index is 13.1. The first-order valence-electron chi connectivity index (χ1n) is 8.33. The largest absolute Gasteiger partial charge is 0.497 e. The normalized spacial score (nSPS) is 17.0. The van der Waals surface area contributed by atoms with Crippen LogP contribution in [0.15, 0.2) is 52.4 Å². The first kappa shape index (κ1) is 19.0. The first-order valence-corrected chi connectivity index (χ1v) is 9.15. The minimum atomic E-state index is -0.327. The van der Waals surface area contributed by atoms with Gasteiger partial charge in [-0.15, -0.1) is 0 Å². The highest BCUT2D eigenvalue weighted by Crippen LogP contribution is 2.36. The second-order valence-corrected chi connectivity index (χ2v) is 6.65. The minimum Gasteiger partial charge on any atom is -0.497 e. The lowest BCUT2D eigenvalue weighted by Crippen LogP contribution is -2.28. The van der Waals surface area contributed by atoms with Gasteiger partial charge in [-0.1, -0.05) is 0 Å². The van der Waals surface area contributed by atoms with E-state index in [1.54, 1.807) is 49.5 Å². The molecular formula is C20H19FN2O3S. The zero-order chi connectivity index (χ0) is 19.4. The third-order valence-electron chi connectivity index (χ3n) is 3.98. The lowest BCUT2D eigenvalue weighted by atomic mass is 10.1. The maximum absolute atomic E-state index is 13.1. The number of ether oxygens (including phenoxy) is 2. The summed E-state index contributed by atoms with van der Waals surface area (Å²) in [5.41, 5.74) is 1.33. The van der Waals surface area contributed by atoms with Crippen LogP contribution in [0.1, 0.15) is 12.5 Å². The number of carbonyl (C=O) groups is 1. The molecule has 0 aliphatic carbocycles. The topological polar surface area (TPSA) is 51.1 Å². The second kappa shape index (κ2) is 8.26. The summed E-state index contributed by atoms with van der Waals surface area (Å²) in [4.78, 5) is 19.4. The Morgan fingerprint density at radius 3 is 2.52 bits per heavy atom. The van der Waals surface area contributed by atoms with E-state index in [9.17, 15) is 9.18 Å². The average molecular weight is 386 g/mol. The number of aliphatic imine (C=N–C) groups is 1. The van der Waals surface area contributed by atoms with Gasteiger partial charge < -0.3 is 9.47 Å². The molecule has 0 radical (unpaired) electrons. The van der Waals surface area contributed by atoms with Crippen LogP contribution >= 0.6 is 11.8 Å². The fourth-order valence-corrected chi connectivity index (χ4v) is 3.64. The molecule has 140 valence electrons. The van der Waals surface area contributed by atoms with Crippen molar-refractivity contribution >= 4 is 34.6 Å². The molecule has 0 spiro atoms. The SMILES string of the molecule is CCN1C(=O)/C(=C\c2cc(OC)ccc2OC)SC1=Nc1ccc(F)cc1. The fourth-order valence-electron chi connectivity index (χ4n) is 2.59. The number of thioether (sulfide) groups is 1. The Morgan fingerprint density at radius 1 is 1.15 bits per heavy atom. The Morgan fingerprint density at radius 2 is 1.89 bits per heavy atom. The van der Waals surface area contributed by atoms with E-state index in [0.717, 1.165) is 5.56 Å².